The lowest BCUT2D eigenvalue weighted by Gasteiger charge is -2.26. The number of nitrogens with one attached hydrogen (secondary N) is 1. The third-order valence-electron chi connectivity index (χ3n) is 3.77. The predicted octanol–water partition coefficient (Wildman–Crippen LogP) is 4.02. The Kier molecular flexibility index (Phi) is 5.17. The number of benzene rings is 1. The molecule has 1 aromatic rings. The Morgan fingerprint density at radius 3 is 2.89 bits per heavy atom. The largest absolute Gasteiger partial charge is 0.494 e. The minimum absolute atomic E-state index is 0.334. The molecule has 106 valence electrons. The van der Waals surface area contributed by atoms with Crippen LogP contribution >= 0.6 is 11.8 Å². The Hall–Kier alpha value is -0.670. The van der Waals surface area contributed by atoms with Crippen molar-refractivity contribution in [1.82, 2.24) is 5.32 Å². The van der Waals surface area contributed by atoms with E-state index >= 15 is 0 Å². The molecule has 0 spiro atoms. The number of ether oxygens (including phenoxy) is 1. The summed E-state index contributed by atoms with van der Waals surface area (Å²) in [6.07, 6.45) is 2.68. The summed E-state index contributed by atoms with van der Waals surface area (Å²) < 4.78 is 6.12. The van der Waals surface area contributed by atoms with Crippen LogP contribution in [0.4, 0.5) is 0 Å². The topological polar surface area (TPSA) is 21.3 Å². The van der Waals surface area contributed by atoms with E-state index in [1.807, 2.05) is 13.0 Å². The molecule has 1 aliphatic heterocycles. The van der Waals surface area contributed by atoms with Gasteiger partial charge in [0.2, 0.25) is 0 Å². The van der Waals surface area contributed by atoms with Gasteiger partial charge in [-0.25, -0.2) is 0 Å². The second kappa shape index (κ2) is 6.67. The molecule has 3 heteroatoms. The molecule has 1 heterocycles. The molecule has 19 heavy (non-hydrogen) atoms. The Balaban J connectivity index is 1.97. The number of rotatable bonds is 6. The maximum atomic E-state index is 5.71. The van der Waals surface area contributed by atoms with Gasteiger partial charge >= 0.3 is 0 Å². The molecule has 1 aromatic carbocycles. The second-order valence-corrected chi connectivity index (χ2v) is 7.16. The third kappa shape index (κ3) is 3.90. The highest BCUT2D eigenvalue weighted by Crippen LogP contribution is 2.37. The number of thioether (sulfide) groups is 1. The minimum Gasteiger partial charge on any atom is -0.494 e. The molecule has 1 fully saturated rings. The molecular formula is C16H25NOS. The van der Waals surface area contributed by atoms with Gasteiger partial charge in [-0.2, -0.15) is 11.8 Å². The summed E-state index contributed by atoms with van der Waals surface area (Å²) in [5, 5.41) is 3.68. The van der Waals surface area contributed by atoms with Crippen molar-refractivity contribution in [2.24, 2.45) is 0 Å². The van der Waals surface area contributed by atoms with Crippen molar-refractivity contribution in [3.05, 3.63) is 29.8 Å². The zero-order valence-electron chi connectivity index (χ0n) is 12.2. The summed E-state index contributed by atoms with van der Waals surface area (Å²) in [6.45, 7) is 8.42. The zero-order chi connectivity index (χ0) is 13.7. The lowest BCUT2D eigenvalue weighted by Crippen LogP contribution is -2.34. The normalized spacial score (nSPS) is 24.4. The molecule has 0 radical (unpaired) electrons. The van der Waals surface area contributed by atoms with E-state index in [-0.39, 0.29) is 0 Å². The fourth-order valence-electron chi connectivity index (χ4n) is 2.58. The van der Waals surface area contributed by atoms with Gasteiger partial charge in [-0.15, -0.1) is 0 Å². The van der Waals surface area contributed by atoms with Crippen LogP contribution in [0.15, 0.2) is 24.3 Å². The van der Waals surface area contributed by atoms with Crippen molar-refractivity contribution >= 4 is 11.8 Å². The van der Waals surface area contributed by atoms with E-state index in [9.17, 15) is 0 Å². The summed E-state index contributed by atoms with van der Waals surface area (Å²) >= 11 is 2.10. The molecule has 0 aromatic heterocycles. The van der Waals surface area contributed by atoms with Gasteiger partial charge < -0.3 is 10.1 Å². The highest BCUT2D eigenvalue weighted by atomic mass is 32.2. The van der Waals surface area contributed by atoms with Crippen LogP contribution in [0.1, 0.15) is 45.2 Å². The van der Waals surface area contributed by atoms with Crippen molar-refractivity contribution in [1.29, 1.82) is 0 Å². The first kappa shape index (κ1) is 14.7. The lowest BCUT2D eigenvalue weighted by molar-refractivity contribution is 0.331. The standard InChI is InChI=1S/C16H25NOS/c1-4-18-15-9-6-5-8-14(15)13(2)17-12-16(3)10-7-11-19-16/h5-6,8-9,13,17H,4,7,10-12H2,1-3H3. The quantitative estimate of drug-likeness (QED) is 0.849. The summed E-state index contributed by atoms with van der Waals surface area (Å²) in [6, 6.07) is 8.67. The van der Waals surface area contributed by atoms with Crippen molar-refractivity contribution in [2.75, 3.05) is 18.9 Å². The van der Waals surface area contributed by atoms with Crippen LogP contribution in [0.3, 0.4) is 0 Å². The molecule has 0 aliphatic carbocycles. The predicted molar refractivity (Wildman–Crippen MR) is 84.1 cm³/mol. The SMILES string of the molecule is CCOc1ccccc1C(C)NCC1(C)CCCS1. The average Bonchev–Trinajstić information content (AvgIpc) is 2.85. The van der Waals surface area contributed by atoms with Crippen molar-refractivity contribution in [2.45, 2.75) is 44.4 Å². The van der Waals surface area contributed by atoms with E-state index in [0.717, 1.165) is 18.9 Å². The number of hydrogen-bond donors (Lipinski definition) is 1. The van der Waals surface area contributed by atoms with Crippen LogP contribution in [-0.4, -0.2) is 23.7 Å². The van der Waals surface area contributed by atoms with Gasteiger partial charge in [0.1, 0.15) is 5.75 Å². The van der Waals surface area contributed by atoms with Crippen LogP contribution in [0.2, 0.25) is 0 Å². The van der Waals surface area contributed by atoms with E-state index in [1.54, 1.807) is 0 Å². The zero-order valence-corrected chi connectivity index (χ0v) is 13.1. The van der Waals surface area contributed by atoms with Gasteiger partial charge in [0.25, 0.3) is 0 Å². The first-order chi connectivity index (χ1) is 9.14. The van der Waals surface area contributed by atoms with E-state index in [2.05, 4.69) is 49.1 Å². The maximum absolute atomic E-state index is 5.71. The highest BCUT2D eigenvalue weighted by Gasteiger charge is 2.29. The summed E-state index contributed by atoms with van der Waals surface area (Å²) in [5.74, 6) is 2.32. The molecule has 2 rings (SSSR count). The molecule has 0 saturated carbocycles. The van der Waals surface area contributed by atoms with Crippen LogP contribution in [0, 0.1) is 0 Å². The summed E-state index contributed by atoms with van der Waals surface area (Å²) in [7, 11) is 0. The summed E-state index contributed by atoms with van der Waals surface area (Å²) in [5.41, 5.74) is 1.26. The molecule has 0 amide bonds. The Labute approximate surface area is 121 Å². The van der Waals surface area contributed by atoms with Gasteiger partial charge in [0.15, 0.2) is 0 Å². The van der Waals surface area contributed by atoms with Crippen LogP contribution < -0.4 is 10.1 Å². The fourth-order valence-corrected chi connectivity index (χ4v) is 3.84. The van der Waals surface area contributed by atoms with Gasteiger partial charge in [-0.3, -0.25) is 0 Å². The molecule has 1 N–H and O–H groups in total. The van der Waals surface area contributed by atoms with Gasteiger partial charge in [-0.05, 0) is 45.4 Å². The van der Waals surface area contributed by atoms with Crippen LogP contribution in [0.5, 0.6) is 5.75 Å². The fraction of sp³-hybridized carbons (Fsp3) is 0.625. The highest BCUT2D eigenvalue weighted by molar-refractivity contribution is 8.00. The molecular weight excluding hydrogens is 254 g/mol. The Bertz CT molecular complexity index is 401. The first-order valence-electron chi connectivity index (χ1n) is 7.24. The molecule has 1 aliphatic rings. The Morgan fingerprint density at radius 2 is 2.21 bits per heavy atom. The van der Waals surface area contributed by atoms with Gasteiger partial charge in [0.05, 0.1) is 6.61 Å². The third-order valence-corrected chi connectivity index (χ3v) is 5.31. The average molecular weight is 279 g/mol. The van der Waals surface area contributed by atoms with E-state index in [1.165, 1.54) is 24.2 Å². The lowest BCUT2D eigenvalue weighted by atomic mass is 10.0. The first-order valence-corrected chi connectivity index (χ1v) is 8.22. The van der Waals surface area contributed by atoms with E-state index < -0.39 is 0 Å². The molecule has 0 bridgehead atoms. The molecule has 1 saturated heterocycles. The Morgan fingerprint density at radius 1 is 1.42 bits per heavy atom. The van der Waals surface area contributed by atoms with E-state index in [4.69, 9.17) is 4.74 Å². The van der Waals surface area contributed by atoms with Crippen molar-refractivity contribution in [3.63, 3.8) is 0 Å². The van der Waals surface area contributed by atoms with Crippen molar-refractivity contribution in [3.8, 4) is 5.75 Å². The van der Waals surface area contributed by atoms with Gasteiger partial charge in [0, 0.05) is 22.9 Å². The maximum Gasteiger partial charge on any atom is 0.124 e. The van der Waals surface area contributed by atoms with Crippen LogP contribution in [0.25, 0.3) is 0 Å². The molecule has 2 unspecified atom stereocenters. The monoisotopic (exact) mass is 279 g/mol. The minimum atomic E-state index is 0.334. The smallest absolute Gasteiger partial charge is 0.124 e. The van der Waals surface area contributed by atoms with Crippen LogP contribution in [-0.2, 0) is 0 Å². The number of para-hydroxylation sites is 1. The summed E-state index contributed by atoms with van der Waals surface area (Å²) in [4.78, 5) is 0. The molecule has 2 nitrogen and oxygen atoms in total. The van der Waals surface area contributed by atoms with Gasteiger partial charge in [-0.1, -0.05) is 18.2 Å². The second-order valence-electron chi connectivity index (χ2n) is 5.48. The van der Waals surface area contributed by atoms with Crippen molar-refractivity contribution < 1.29 is 4.74 Å². The molecule has 2 atom stereocenters. The van der Waals surface area contributed by atoms with E-state index in [0.29, 0.717) is 10.8 Å². The number of hydrogen-bond acceptors (Lipinski definition) is 3.